The van der Waals surface area contributed by atoms with Crippen molar-refractivity contribution < 1.29 is 13.7 Å². The van der Waals surface area contributed by atoms with Crippen LogP contribution in [0.25, 0.3) is 11.6 Å². The molecule has 0 N–H and O–H groups in total. The normalized spacial score (nSPS) is 17.0. The molecule has 3 heterocycles. The number of hydrogen-bond acceptors (Lipinski definition) is 6. The summed E-state index contributed by atoms with van der Waals surface area (Å²) in [5, 5.41) is 12.3. The van der Waals surface area contributed by atoms with E-state index in [1.807, 2.05) is 0 Å². The highest BCUT2D eigenvalue weighted by Crippen LogP contribution is 2.30. The molecule has 0 aliphatic carbocycles. The summed E-state index contributed by atoms with van der Waals surface area (Å²) in [4.78, 5) is 4.35. The van der Waals surface area contributed by atoms with Crippen molar-refractivity contribution in [3.05, 3.63) is 47.2 Å². The Bertz CT molecular complexity index is 843. The van der Waals surface area contributed by atoms with Gasteiger partial charge in [0.1, 0.15) is 11.9 Å². The SMILES string of the molecule is CCCc1noc(-c2nnn3c2CO[C@H](c2ccc(F)cc2)C3)n1. The first-order valence-corrected chi connectivity index (χ1v) is 7.87. The average molecular weight is 329 g/mol. The number of fused-ring (bicyclic) bond motifs is 1. The number of nitrogens with zero attached hydrogens (tertiary/aromatic N) is 5. The third kappa shape index (κ3) is 2.69. The van der Waals surface area contributed by atoms with Crippen LogP contribution in [0, 0.1) is 5.82 Å². The molecule has 7 nitrogen and oxygen atoms in total. The number of benzene rings is 1. The van der Waals surface area contributed by atoms with Crippen molar-refractivity contribution >= 4 is 0 Å². The highest BCUT2D eigenvalue weighted by Gasteiger charge is 2.27. The molecular formula is C16H16FN5O2. The summed E-state index contributed by atoms with van der Waals surface area (Å²) >= 11 is 0. The molecule has 1 aromatic carbocycles. The predicted molar refractivity (Wildman–Crippen MR) is 81.2 cm³/mol. The van der Waals surface area contributed by atoms with E-state index in [2.05, 4.69) is 27.4 Å². The summed E-state index contributed by atoms with van der Waals surface area (Å²) in [5.74, 6) is 0.760. The van der Waals surface area contributed by atoms with Gasteiger partial charge in [-0.1, -0.05) is 29.4 Å². The zero-order chi connectivity index (χ0) is 16.5. The first-order valence-electron chi connectivity index (χ1n) is 7.87. The molecule has 1 aliphatic rings. The summed E-state index contributed by atoms with van der Waals surface area (Å²) in [6.45, 7) is 2.89. The number of rotatable bonds is 4. The molecule has 2 aromatic heterocycles. The second-order valence-electron chi connectivity index (χ2n) is 5.68. The number of aryl methyl sites for hydroxylation is 1. The van der Waals surface area contributed by atoms with Crippen LogP contribution in [0.1, 0.15) is 36.5 Å². The molecule has 3 aromatic rings. The van der Waals surface area contributed by atoms with Gasteiger partial charge in [0.05, 0.1) is 18.8 Å². The Morgan fingerprint density at radius 3 is 2.92 bits per heavy atom. The Balaban J connectivity index is 1.57. The fourth-order valence-corrected chi connectivity index (χ4v) is 2.73. The summed E-state index contributed by atoms with van der Waals surface area (Å²) in [6, 6.07) is 6.29. The van der Waals surface area contributed by atoms with Crippen LogP contribution in [0.5, 0.6) is 0 Å². The number of aromatic nitrogens is 5. The summed E-state index contributed by atoms with van der Waals surface area (Å²) < 4.78 is 26.0. The first kappa shape index (κ1) is 14.9. The largest absolute Gasteiger partial charge is 0.365 e. The van der Waals surface area contributed by atoms with E-state index in [0.29, 0.717) is 30.6 Å². The maximum atomic E-state index is 13.0. The van der Waals surface area contributed by atoms with Crippen LogP contribution in [0.3, 0.4) is 0 Å². The third-order valence-corrected chi connectivity index (χ3v) is 3.98. The molecule has 1 aliphatic heterocycles. The average Bonchev–Trinajstić information content (AvgIpc) is 3.21. The molecule has 0 saturated carbocycles. The van der Waals surface area contributed by atoms with Crippen molar-refractivity contribution in [3.8, 4) is 11.6 Å². The Labute approximate surface area is 137 Å². The Morgan fingerprint density at radius 1 is 1.29 bits per heavy atom. The van der Waals surface area contributed by atoms with Gasteiger partial charge < -0.3 is 9.26 Å². The second kappa shape index (κ2) is 6.12. The van der Waals surface area contributed by atoms with Gasteiger partial charge in [0.2, 0.25) is 0 Å². The minimum Gasteiger partial charge on any atom is -0.365 e. The van der Waals surface area contributed by atoms with Crippen molar-refractivity contribution in [2.45, 2.75) is 39.0 Å². The molecule has 24 heavy (non-hydrogen) atoms. The molecule has 124 valence electrons. The van der Waals surface area contributed by atoms with Gasteiger partial charge in [0, 0.05) is 6.42 Å². The van der Waals surface area contributed by atoms with Crippen molar-refractivity contribution in [2.75, 3.05) is 0 Å². The maximum Gasteiger partial charge on any atom is 0.280 e. The van der Waals surface area contributed by atoms with Crippen LogP contribution in [0.2, 0.25) is 0 Å². The highest BCUT2D eigenvalue weighted by atomic mass is 19.1. The molecule has 0 spiro atoms. The smallest absolute Gasteiger partial charge is 0.280 e. The monoisotopic (exact) mass is 329 g/mol. The van der Waals surface area contributed by atoms with E-state index >= 15 is 0 Å². The van der Waals surface area contributed by atoms with Gasteiger partial charge in [-0.25, -0.2) is 9.07 Å². The van der Waals surface area contributed by atoms with Crippen molar-refractivity contribution in [1.82, 2.24) is 25.1 Å². The van der Waals surface area contributed by atoms with Gasteiger partial charge in [-0.15, -0.1) is 5.10 Å². The maximum absolute atomic E-state index is 13.0. The molecule has 0 saturated heterocycles. The minimum absolute atomic E-state index is 0.189. The molecule has 0 radical (unpaired) electrons. The standard InChI is InChI=1S/C16H16FN5O2/c1-2-3-14-18-16(24-20-14)15-12-9-23-13(8-22(12)21-19-15)10-4-6-11(17)7-5-10/h4-7,13H,2-3,8-9H2,1H3/t13-/m0/s1. The number of hydrogen-bond donors (Lipinski definition) is 0. The van der Waals surface area contributed by atoms with Crippen LogP contribution in [-0.4, -0.2) is 25.1 Å². The quantitative estimate of drug-likeness (QED) is 0.732. The lowest BCUT2D eigenvalue weighted by Gasteiger charge is -2.24. The topological polar surface area (TPSA) is 78.9 Å². The van der Waals surface area contributed by atoms with Gasteiger partial charge >= 0.3 is 0 Å². The van der Waals surface area contributed by atoms with Crippen LogP contribution < -0.4 is 0 Å². The fourth-order valence-electron chi connectivity index (χ4n) is 2.73. The summed E-state index contributed by atoms with van der Waals surface area (Å²) in [7, 11) is 0. The van der Waals surface area contributed by atoms with E-state index in [-0.39, 0.29) is 11.9 Å². The van der Waals surface area contributed by atoms with Gasteiger partial charge in [0.25, 0.3) is 5.89 Å². The molecule has 0 unspecified atom stereocenters. The van der Waals surface area contributed by atoms with E-state index in [9.17, 15) is 4.39 Å². The molecule has 0 bridgehead atoms. The Kier molecular flexibility index (Phi) is 3.81. The molecule has 8 heteroatoms. The zero-order valence-corrected chi connectivity index (χ0v) is 13.1. The van der Waals surface area contributed by atoms with E-state index in [0.717, 1.165) is 24.1 Å². The highest BCUT2D eigenvalue weighted by molar-refractivity contribution is 5.49. The molecule has 4 rings (SSSR count). The summed E-state index contributed by atoms with van der Waals surface area (Å²) in [5.41, 5.74) is 2.27. The van der Waals surface area contributed by atoms with Gasteiger partial charge in [-0.3, -0.25) is 0 Å². The van der Waals surface area contributed by atoms with Crippen LogP contribution in [-0.2, 0) is 24.3 Å². The predicted octanol–water partition coefficient (Wildman–Crippen LogP) is 2.69. The van der Waals surface area contributed by atoms with Gasteiger partial charge in [-0.2, -0.15) is 4.98 Å². The minimum atomic E-state index is -0.266. The first-order chi connectivity index (χ1) is 11.7. The van der Waals surface area contributed by atoms with Crippen LogP contribution in [0.15, 0.2) is 28.8 Å². The second-order valence-corrected chi connectivity index (χ2v) is 5.68. The summed E-state index contributed by atoms with van der Waals surface area (Å²) in [6.07, 6.45) is 1.52. The van der Waals surface area contributed by atoms with Gasteiger partial charge in [-0.05, 0) is 24.1 Å². The van der Waals surface area contributed by atoms with Gasteiger partial charge in [0.15, 0.2) is 11.5 Å². The lowest BCUT2D eigenvalue weighted by atomic mass is 10.1. The Hall–Kier alpha value is -2.61. The fraction of sp³-hybridized carbons (Fsp3) is 0.375. The number of ether oxygens (including phenoxy) is 1. The van der Waals surface area contributed by atoms with Crippen molar-refractivity contribution in [2.24, 2.45) is 0 Å². The van der Waals surface area contributed by atoms with E-state index in [4.69, 9.17) is 9.26 Å². The zero-order valence-electron chi connectivity index (χ0n) is 13.1. The van der Waals surface area contributed by atoms with Crippen LogP contribution >= 0.6 is 0 Å². The lowest BCUT2D eigenvalue weighted by molar-refractivity contribution is -0.00120. The van der Waals surface area contributed by atoms with Crippen LogP contribution in [0.4, 0.5) is 4.39 Å². The van der Waals surface area contributed by atoms with Crippen molar-refractivity contribution in [3.63, 3.8) is 0 Å². The number of halogens is 1. The Morgan fingerprint density at radius 2 is 2.12 bits per heavy atom. The molecular weight excluding hydrogens is 313 g/mol. The van der Waals surface area contributed by atoms with E-state index in [1.54, 1.807) is 16.8 Å². The van der Waals surface area contributed by atoms with E-state index in [1.165, 1.54) is 12.1 Å². The molecule has 1 atom stereocenters. The van der Waals surface area contributed by atoms with Crippen molar-refractivity contribution in [1.29, 1.82) is 0 Å². The molecule has 0 fully saturated rings. The lowest BCUT2D eigenvalue weighted by Crippen LogP contribution is -2.22. The third-order valence-electron chi connectivity index (χ3n) is 3.98. The molecule has 0 amide bonds. The van der Waals surface area contributed by atoms with E-state index < -0.39 is 0 Å².